The smallest absolute Gasteiger partial charge is 0.307 e. The molecular formula is C30H44ClN5O5. The molecule has 4 rings (SSSR count). The zero-order valence-corrected chi connectivity index (χ0v) is 26.4. The topological polar surface area (TPSA) is 138 Å². The fraction of sp³-hybridized carbons (Fsp3) is 0.533. The molecule has 0 bridgehead atoms. The highest BCUT2D eigenvalue weighted by Gasteiger charge is 2.25. The predicted molar refractivity (Wildman–Crippen MR) is 163 cm³/mol. The number of carboxylic acids is 1. The van der Waals surface area contributed by atoms with Gasteiger partial charge in [-0.3, -0.25) is 9.59 Å². The Bertz CT molecular complexity index is 1370. The molecule has 0 atom stereocenters. The third-order valence-corrected chi connectivity index (χ3v) is 6.04. The Morgan fingerprint density at radius 1 is 1.17 bits per heavy atom. The van der Waals surface area contributed by atoms with Crippen molar-refractivity contribution < 1.29 is 24.5 Å². The second-order valence-electron chi connectivity index (χ2n) is 11.7. The molecule has 1 aliphatic rings. The van der Waals surface area contributed by atoms with Crippen LogP contribution < -0.4 is 15.4 Å². The minimum atomic E-state index is -1.01. The number of anilines is 1. The minimum absolute atomic E-state index is 0.0880. The normalized spacial score (nSPS) is 12.6. The van der Waals surface area contributed by atoms with E-state index in [1.807, 2.05) is 13.8 Å². The van der Waals surface area contributed by atoms with Crippen LogP contribution in [0.3, 0.4) is 0 Å². The molecule has 0 aliphatic carbocycles. The second kappa shape index (κ2) is 14.0. The van der Waals surface area contributed by atoms with Crippen LogP contribution in [0.25, 0.3) is 16.9 Å². The largest absolute Gasteiger partial charge is 0.490 e. The van der Waals surface area contributed by atoms with Gasteiger partial charge in [0, 0.05) is 36.0 Å². The number of nitrogens with one attached hydrogen (secondary N) is 2. The number of amides is 1. The Balaban J connectivity index is 0.000000759. The number of ether oxygens (including phenoxy) is 1. The number of hydrogen-bond donors (Lipinski definition) is 4. The van der Waals surface area contributed by atoms with E-state index in [0.717, 1.165) is 6.42 Å². The number of benzene rings is 1. The van der Waals surface area contributed by atoms with Gasteiger partial charge in [0.05, 0.1) is 28.4 Å². The van der Waals surface area contributed by atoms with Crippen molar-refractivity contribution in [2.24, 2.45) is 5.41 Å². The van der Waals surface area contributed by atoms with Gasteiger partial charge in [0.25, 0.3) is 5.91 Å². The number of carbonyl (C=O) groups excluding carboxylic acids is 1. The van der Waals surface area contributed by atoms with E-state index in [0.29, 0.717) is 64.3 Å². The number of aliphatic hydroxyl groups is 1. The van der Waals surface area contributed by atoms with Crippen molar-refractivity contribution in [3.05, 3.63) is 40.2 Å². The maximum Gasteiger partial charge on any atom is 0.307 e. The molecule has 0 fully saturated rings. The SMILES string of the molecule is CC.CC(C)(C)O.Cc1nc2cc(C(=O)NCCC(C)(C)C)nn2c(-c2ccc3c(c2Cl)NCCO3)c1CC(=O)O. The van der Waals surface area contributed by atoms with Crippen LogP contribution in [0.5, 0.6) is 5.75 Å². The first kappa shape index (κ1) is 33.8. The van der Waals surface area contributed by atoms with E-state index in [-0.39, 0.29) is 23.4 Å². The van der Waals surface area contributed by atoms with Crippen LogP contribution in [0, 0.1) is 12.3 Å². The van der Waals surface area contributed by atoms with Crippen molar-refractivity contribution in [1.29, 1.82) is 0 Å². The number of aliphatic carboxylic acids is 1. The number of hydrogen-bond acceptors (Lipinski definition) is 7. The Labute approximate surface area is 247 Å². The van der Waals surface area contributed by atoms with E-state index in [1.54, 1.807) is 45.9 Å². The molecule has 2 aromatic heterocycles. The van der Waals surface area contributed by atoms with E-state index in [2.05, 4.69) is 41.5 Å². The first-order valence-corrected chi connectivity index (χ1v) is 14.2. The summed E-state index contributed by atoms with van der Waals surface area (Å²) < 4.78 is 7.17. The Morgan fingerprint density at radius 3 is 2.39 bits per heavy atom. The molecule has 1 aromatic carbocycles. The van der Waals surface area contributed by atoms with Crippen molar-refractivity contribution >= 4 is 34.8 Å². The molecule has 0 saturated heterocycles. The summed E-state index contributed by atoms with van der Waals surface area (Å²) in [7, 11) is 0. The zero-order chi connectivity index (χ0) is 31.1. The van der Waals surface area contributed by atoms with Gasteiger partial charge in [-0.2, -0.15) is 5.10 Å². The van der Waals surface area contributed by atoms with Crippen LogP contribution in [0.4, 0.5) is 5.69 Å². The van der Waals surface area contributed by atoms with Crippen molar-refractivity contribution in [3.63, 3.8) is 0 Å². The van der Waals surface area contributed by atoms with Crippen LogP contribution >= 0.6 is 11.6 Å². The summed E-state index contributed by atoms with van der Waals surface area (Å²) in [6.07, 6.45) is 0.547. The number of aryl methyl sites for hydroxylation is 1. The van der Waals surface area contributed by atoms with Crippen LogP contribution in [0.15, 0.2) is 18.2 Å². The average Bonchev–Trinajstić information content (AvgIpc) is 3.28. The highest BCUT2D eigenvalue weighted by Crippen LogP contribution is 2.42. The number of fused-ring (bicyclic) bond motifs is 2. The lowest BCUT2D eigenvalue weighted by Crippen LogP contribution is -2.27. The molecule has 10 nitrogen and oxygen atoms in total. The van der Waals surface area contributed by atoms with Gasteiger partial charge in [-0.1, -0.05) is 46.2 Å². The molecule has 0 radical (unpaired) electrons. The molecule has 1 amide bonds. The second-order valence-corrected chi connectivity index (χ2v) is 12.1. The molecule has 4 N–H and O–H groups in total. The van der Waals surface area contributed by atoms with Gasteiger partial charge in [-0.05, 0) is 51.7 Å². The van der Waals surface area contributed by atoms with Crippen molar-refractivity contribution in [3.8, 4) is 17.0 Å². The van der Waals surface area contributed by atoms with Crippen LogP contribution in [0.2, 0.25) is 5.02 Å². The fourth-order valence-electron chi connectivity index (χ4n) is 3.91. The first-order chi connectivity index (χ1) is 19.0. The van der Waals surface area contributed by atoms with Crippen LogP contribution in [-0.2, 0) is 11.2 Å². The Morgan fingerprint density at radius 2 is 1.80 bits per heavy atom. The molecule has 3 aromatic rings. The number of halogens is 1. The van der Waals surface area contributed by atoms with Crippen molar-refractivity contribution in [1.82, 2.24) is 19.9 Å². The van der Waals surface area contributed by atoms with E-state index in [4.69, 9.17) is 21.4 Å². The first-order valence-electron chi connectivity index (χ1n) is 13.9. The standard InChI is InChI=1S/C24H28ClN5O4.C4H10O.C2H6/c1-13-15(11-19(31)32)22(14-5-6-17-21(20(14)25)26-9-10-34-17)30-18(28-13)12-16(29-30)23(33)27-8-7-24(2,3)4;1-4(2,3)5;1-2/h5-6,12,26H,7-11H2,1-4H3,(H,27,33)(H,31,32);5H,1-3H3;1-2H3. The van der Waals surface area contributed by atoms with Gasteiger partial charge in [0.15, 0.2) is 11.3 Å². The molecule has 11 heteroatoms. The van der Waals surface area contributed by atoms with Gasteiger partial charge in [-0.25, -0.2) is 9.50 Å². The highest BCUT2D eigenvalue weighted by atomic mass is 35.5. The number of carboxylic acid groups (broad SMARTS) is 1. The number of nitrogens with zero attached hydrogens (tertiary/aromatic N) is 3. The van der Waals surface area contributed by atoms with E-state index < -0.39 is 11.6 Å². The lowest BCUT2D eigenvalue weighted by Gasteiger charge is -2.22. The van der Waals surface area contributed by atoms with E-state index in [1.165, 1.54) is 4.52 Å². The maximum atomic E-state index is 12.8. The predicted octanol–water partition coefficient (Wildman–Crippen LogP) is 5.76. The highest BCUT2D eigenvalue weighted by molar-refractivity contribution is 6.36. The minimum Gasteiger partial charge on any atom is -0.490 e. The third kappa shape index (κ3) is 9.60. The Hall–Kier alpha value is -3.37. The summed E-state index contributed by atoms with van der Waals surface area (Å²) in [6, 6.07) is 5.16. The molecule has 3 heterocycles. The van der Waals surface area contributed by atoms with Crippen molar-refractivity contribution in [2.75, 3.05) is 25.0 Å². The lowest BCUT2D eigenvalue weighted by molar-refractivity contribution is -0.136. The number of carbonyl (C=O) groups is 2. The van der Waals surface area contributed by atoms with Crippen LogP contribution in [0.1, 0.15) is 83.6 Å². The molecule has 41 heavy (non-hydrogen) atoms. The summed E-state index contributed by atoms with van der Waals surface area (Å²) in [4.78, 5) is 29.0. The lowest BCUT2D eigenvalue weighted by atomic mass is 9.92. The number of rotatable bonds is 6. The van der Waals surface area contributed by atoms with Crippen LogP contribution in [-0.4, -0.2) is 62.0 Å². The van der Waals surface area contributed by atoms with Crippen molar-refractivity contribution in [2.45, 2.75) is 80.8 Å². The number of aromatic nitrogens is 3. The van der Waals surface area contributed by atoms with Gasteiger partial charge in [0.2, 0.25) is 0 Å². The molecule has 0 unspecified atom stereocenters. The Kier molecular flexibility index (Phi) is 11.6. The van der Waals surface area contributed by atoms with E-state index >= 15 is 0 Å². The molecule has 1 aliphatic heterocycles. The summed E-state index contributed by atoms with van der Waals surface area (Å²) in [6.45, 7) is 18.9. The van der Waals surface area contributed by atoms with Gasteiger partial charge < -0.3 is 25.6 Å². The monoisotopic (exact) mass is 589 g/mol. The maximum absolute atomic E-state index is 12.8. The quantitative estimate of drug-likeness (QED) is 0.285. The molecule has 0 saturated carbocycles. The summed E-state index contributed by atoms with van der Waals surface area (Å²) in [5.74, 6) is -0.695. The van der Waals surface area contributed by atoms with Gasteiger partial charge in [-0.15, -0.1) is 0 Å². The summed E-state index contributed by atoms with van der Waals surface area (Å²) >= 11 is 6.77. The zero-order valence-electron chi connectivity index (χ0n) is 25.6. The summed E-state index contributed by atoms with van der Waals surface area (Å²) in [5.41, 5.74) is 2.92. The van der Waals surface area contributed by atoms with Gasteiger partial charge in [0.1, 0.15) is 12.4 Å². The molecular weight excluding hydrogens is 546 g/mol. The third-order valence-electron chi connectivity index (χ3n) is 5.65. The fourth-order valence-corrected chi connectivity index (χ4v) is 4.22. The average molecular weight is 590 g/mol. The molecule has 226 valence electrons. The molecule has 0 spiro atoms. The summed E-state index contributed by atoms with van der Waals surface area (Å²) in [5, 5.41) is 29.1. The van der Waals surface area contributed by atoms with Gasteiger partial charge >= 0.3 is 5.97 Å². The van der Waals surface area contributed by atoms with E-state index in [9.17, 15) is 14.7 Å².